The Hall–Kier alpha value is -0.670. The summed E-state index contributed by atoms with van der Waals surface area (Å²) in [5.41, 5.74) is 7.48. The van der Waals surface area contributed by atoms with Crippen LogP contribution in [0.5, 0.6) is 5.75 Å². The Morgan fingerprint density at radius 3 is 2.93 bits per heavy atom. The third-order valence-electron chi connectivity index (χ3n) is 2.83. The van der Waals surface area contributed by atoms with Gasteiger partial charge in [-0.2, -0.15) is 0 Å². The molecule has 1 aliphatic heterocycles. The summed E-state index contributed by atoms with van der Waals surface area (Å²) >= 11 is 1.89. The van der Waals surface area contributed by atoms with Gasteiger partial charge in [-0.1, -0.05) is 19.4 Å². The average Bonchev–Trinajstić information content (AvgIpc) is 2.56. The van der Waals surface area contributed by atoms with Crippen LogP contribution in [-0.4, -0.2) is 12.4 Å². The zero-order valence-electron chi connectivity index (χ0n) is 9.19. The molecule has 0 saturated carbocycles. The lowest BCUT2D eigenvalue weighted by Crippen LogP contribution is -2.18. The van der Waals surface area contributed by atoms with Crippen molar-refractivity contribution in [3.8, 4) is 5.75 Å². The first-order valence-corrected chi connectivity index (χ1v) is 6.24. The fourth-order valence-corrected chi connectivity index (χ4v) is 3.48. The molecule has 2 atom stereocenters. The van der Waals surface area contributed by atoms with Crippen molar-refractivity contribution in [2.75, 3.05) is 7.11 Å². The van der Waals surface area contributed by atoms with Gasteiger partial charge >= 0.3 is 0 Å². The summed E-state index contributed by atoms with van der Waals surface area (Å²) in [7, 11) is 1.70. The van der Waals surface area contributed by atoms with Gasteiger partial charge in [0.15, 0.2) is 0 Å². The summed E-state index contributed by atoms with van der Waals surface area (Å²) in [6.45, 7) is 2.21. The van der Waals surface area contributed by atoms with Crippen LogP contribution in [-0.2, 0) is 0 Å². The number of fused-ring (bicyclic) bond motifs is 1. The predicted octanol–water partition coefficient (Wildman–Crippen LogP) is 2.97. The van der Waals surface area contributed by atoms with Gasteiger partial charge in [0, 0.05) is 16.2 Å². The largest absolute Gasteiger partial charge is 0.497 e. The van der Waals surface area contributed by atoms with Crippen molar-refractivity contribution in [3.63, 3.8) is 0 Å². The third kappa shape index (κ3) is 1.99. The van der Waals surface area contributed by atoms with E-state index in [9.17, 15) is 0 Å². The molecule has 1 aromatic carbocycles. The Labute approximate surface area is 95.2 Å². The molecule has 0 spiro atoms. The number of hydrogen-bond acceptors (Lipinski definition) is 3. The number of hydrogen-bond donors (Lipinski definition) is 1. The van der Waals surface area contributed by atoms with E-state index >= 15 is 0 Å². The standard InChI is InChI=1S/C12H17NOS/c1-3-4-10-12(13)9-6-5-8(14-2)7-11(9)15-10/h5-7,10,12H,3-4,13H2,1-2H3. The summed E-state index contributed by atoms with van der Waals surface area (Å²) < 4.78 is 5.22. The molecule has 0 aliphatic carbocycles. The molecule has 15 heavy (non-hydrogen) atoms. The third-order valence-corrected chi connectivity index (χ3v) is 4.27. The minimum absolute atomic E-state index is 0.191. The van der Waals surface area contributed by atoms with Crippen molar-refractivity contribution in [1.82, 2.24) is 0 Å². The fraction of sp³-hybridized carbons (Fsp3) is 0.500. The van der Waals surface area contributed by atoms with Crippen LogP contribution in [0.3, 0.4) is 0 Å². The highest BCUT2D eigenvalue weighted by atomic mass is 32.2. The maximum atomic E-state index is 6.21. The van der Waals surface area contributed by atoms with Gasteiger partial charge in [0.25, 0.3) is 0 Å². The van der Waals surface area contributed by atoms with Crippen LogP contribution in [0.2, 0.25) is 0 Å². The number of rotatable bonds is 3. The van der Waals surface area contributed by atoms with E-state index in [2.05, 4.69) is 19.1 Å². The molecule has 0 fully saturated rings. The van der Waals surface area contributed by atoms with Gasteiger partial charge in [-0.15, -0.1) is 11.8 Å². The fourth-order valence-electron chi connectivity index (χ4n) is 1.98. The van der Waals surface area contributed by atoms with Gasteiger partial charge in [-0.3, -0.25) is 0 Å². The molecule has 1 aromatic rings. The van der Waals surface area contributed by atoms with Crippen LogP contribution in [0, 0.1) is 0 Å². The molecule has 0 radical (unpaired) electrons. The monoisotopic (exact) mass is 223 g/mol. The summed E-state index contributed by atoms with van der Waals surface area (Å²) in [6.07, 6.45) is 2.37. The Kier molecular flexibility index (Phi) is 3.22. The molecule has 82 valence electrons. The van der Waals surface area contributed by atoms with Crippen molar-refractivity contribution in [2.24, 2.45) is 5.73 Å². The van der Waals surface area contributed by atoms with Gasteiger partial charge in [-0.25, -0.2) is 0 Å². The molecular formula is C12H17NOS. The molecule has 2 rings (SSSR count). The van der Waals surface area contributed by atoms with Crippen LogP contribution < -0.4 is 10.5 Å². The zero-order chi connectivity index (χ0) is 10.8. The molecule has 0 amide bonds. The van der Waals surface area contributed by atoms with Crippen LogP contribution >= 0.6 is 11.8 Å². The lowest BCUT2D eigenvalue weighted by Gasteiger charge is -2.13. The Morgan fingerprint density at radius 2 is 2.27 bits per heavy atom. The number of nitrogens with two attached hydrogens (primary N) is 1. The second-order valence-corrected chi connectivity index (χ2v) is 5.16. The van der Waals surface area contributed by atoms with Crippen molar-refractivity contribution in [2.45, 2.75) is 36.0 Å². The molecule has 2 nitrogen and oxygen atoms in total. The maximum absolute atomic E-state index is 6.21. The van der Waals surface area contributed by atoms with E-state index < -0.39 is 0 Å². The van der Waals surface area contributed by atoms with E-state index in [0.29, 0.717) is 5.25 Å². The first kappa shape index (κ1) is 10.8. The summed E-state index contributed by atoms with van der Waals surface area (Å²) in [4.78, 5) is 1.29. The number of methoxy groups -OCH3 is 1. The highest BCUT2D eigenvalue weighted by molar-refractivity contribution is 8.00. The number of thioether (sulfide) groups is 1. The average molecular weight is 223 g/mol. The van der Waals surface area contributed by atoms with Gasteiger partial charge in [0.1, 0.15) is 5.75 Å². The van der Waals surface area contributed by atoms with Crippen LogP contribution in [0.15, 0.2) is 23.1 Å². The predicted molar refractivity (Wildman–Crippen MR) is 64.5 cm³/mol. The molecule has 3 heteroatoms. The van der Waals surface area contributed by atoms with E-state index in [4.69, 9.17) is 10.5 Å². The topological polar surface area (TPSA) is 35.2 Å². The summed E-state index contributed by atoms with van der Waals surface area (Å²) in [6, 6.07) is 6.38. The van der Waals surface area contributed by atoms with E-state index in [-0.39, 0.29) is 6.04 Å². The number of benzene rings is 1. The lowest BCUT2D eigenvalue weighted by molar-refractivity contribution is 0.413. The smallest absolute Gasteiger partial charge is 0.119 e. The molecule has 0 bridgehead atoms. The second-order valence-electron chi connectivity index (χ2n) is 3.87. The first-order valence-electron chi connectivity index (χ1n) is 5.36. The molecule has 1 heterocycles. The maximum Gasteiger partial charge on any atom is 0.119 e. The van der Waals surface area contributed by atoms with Gasteiger partial charge < -0.3 is 10.5 Å². The van der Waals surface area contributed by atoms with Crippen molar-refractivity contribution < 1.29 is 4.74 Å². The van der Waals surface area contributed by atoms with E-state index in [1.807, 2.05) is 17.8 Å². The van der Waals surface area contributed by atoms with E-state index in [1.165, 1.54) is 23.3 Å². The van der Waals surface area contributed by atoms with Gasteiger partial charge in [-0.05, 0) is 24.1 Å². The Morgan fingerprint density at radius 1 is 1.47 bits per heavy atom. The minimum Gasteiger partial charge on any atom is -0.497 e. The van der Waals surface area contributed by atoms with Gasteiger partial charge in [0.05, 0.1) is 7.11 Å². The molecular weight excluding hydrogens is 206 g/mol. The molecule has 0 aromatic heterocycles. The number of ether oxygens (including phenoxy) is 1. The summed E-state index contributed by atoms with van der Waals surface area (Å²) in [5, 5.41) is 0.539. The Balaban J connectivity index is 2.24. The van der Waals surface area contributed by atoms with Crippen molar-refractivity contribution in [1.29, 1.82) is 0 Å². The van der Waals surface area contributed by atoms with Gasteiger partial charge in [0.2, 0.25) is 0 Å². The molecule has 1 aliphatic rings. The van der Waals surface area contributed by atoms with Crippen LogP contribution in [0.1, 0.15) is 31.4 Å². The highest BCUT2D eigenvalue weighted by Crippen LogP contribution is 2.45. The molecule has 0 saturated heterocycles. The second kappa shape index (κ2) is 4.45. The summed E-state index contributed by atoms with van der Waals surface area (Å²) in [5.74, 6) is 0.922. The van der Waals surface area contributed by atoms with E-state index in [1.54, 1.807) is 7.11 Å². The normalized spacial score (nSPS) is 23.9. The minimum atomic E-state index is 0.191. The first-order chi connectivity index (χ1) is 7.26. The van der Waals surface area contributed by atoms with Crippen molar-refractivity contribution >= 4 is 11.8 Å². The lowest BCUT2D eigenvalue weighted by atomic mass is 10.0. The van der Waals surface area contributed by atoms with Crippen LogP contribution in [0.4, 0.5) is 0 Å². The molecule has 2 unspecified atom stereocenters. The van der Waals surface area contributed by atoms with Crippen molar-refractivity contribution in [3.05, 3.63) is 23.8 Å². The SMILES string of the molecule is CCCC1Sc2cc(OC)ccc2C1N. The Bertz CT molecular complexity index is 353. The van der Waals surface area contributed by atoms with E-state index in [0.717, 1.165) is 5.75 Å². The highest BCUT2D eigenvalue weighted by Gasteiger charge is 2.29. The quantitative estimate of drug-likeness (QED) is 0.855. The van der Waals surface area contributed by atoms with Crippen LogP contribution in [0.25, 0.3) is 0 Å². The molecule has 2 N–H and O–H groups in total. The zero-order valence-corrected chi connectivity index (χ0v) is 10.0.